The topological polar surface area (TPSA) is 77.8 Å². The Balaban J connectivity index is 1.47. The number of halogens is 3. The van der Waals surface area contributed by atoms with Crippen LogP contribution in [-0.2, 0) is 6.18 Å². The van der Waals surface area contributed by atoms with Crippen molar-refractivity contribution in [2.24, 2.45) is 5.92 Å². The van der Waals surface area contributed by atoms with Crippen molar-refractivity contribution in [2.45, 2.75) is 38.3 Å². The largest absolute Gasteiger partial charge is 0.454 e. The summed E-state index contributed by atoms with van der Waals surface area (Å²) < 4.78 is 52.6. The molecule has 2 aliphatic rings. The lowest BCUT2D eigenvalue weighted by Crippen LogP contribution is -2.30. The Morgan fingerprint density at radius 3 is 2.66 bits per heavy atom. The minimum absolute atomic E-state index is 0.0566. The molecule has 1 fully saturated rings. The van der Waals surface area contributed by atoms with Crippen molar-refractivity contribution < 1.29 is 27.4 Å². The van der Waals surface area contributed by atoms with Crippen LogP contribution in [0.2, 0.25) is 0 Å². The Bertz CT molecular complexity index is 1170. The summed E-state index contributed by atoms with van der Waals surface area (Å²) in [4.78, 5) is 16.9. The van der Waals surface area contributed by atoms with Gasteiger partial charge in [0.05, 0.1) is 5.69 Å². The van der Waals surface area contributed by atoms with Crippen molar-refractivity contribution in [3.63, 3.8) is 0 Å². The molecule has 2 aromatic heterocycles. The molecule has 1 aliphatic heterocycles. The summed E-state index contributed by atoms with van der Waals surface area (Å²) in [5.41, 5.74) is -0.637. The van der Waals surface area contributed by atoms with Crippen molar-refractivity contribution >= 4 is 11.6 Å². The summed E-state index contributed by atoms with van der Waals surface area (Å²) in [6, 6.07) is 7.01. The first-order chi connectivity index (χ1) is 15.4. The smallest absolute Gasteiger partial charge is 0.433 e. The van der Waals surface area contributed by atoms with Crippen molar-refractivity contribution in [3.8, 4) is 22.8 Å². The quantitative estimate of drug-likeness (QED) is 0.641. The van der Waals surface area contributed by atoms with Gasteiger partial charge in [0.1, 0.15) is 0 Å². The van der Waals surface area contributed by atoms with Gasteiger partial charge in [-0.15, -0.1) is 0 Å². The van der Waals surface area contributed by atoms with Crippen LogP contribution in [0.15, 0.2) is 30.3 Å². The fourth-order valence-corrected chi connectivity index (χ4v) is 4.21. The highest BCUT2D eigenvalue weighted by atomic mass is 19.4. The molecule has 1 aliphatic carbocycles. The molecule has 1 amide bonds. The lowest BCUT2D eigenvalue weighted by Gasteiger charge is -2.21. The third-order valence-corrected chi connectivity index (χ3v) is 5.89. The number of ether oxygens (including phenoxy) is 2. The third kappa shape index (κ3) is 3.96. The molecule has 7 nitrogen and oxygen atoms in total. The van der Waals surface area contributed by atoms with E-state index in [9.17, 15) is 18.0 Å². The number of carbonyl (C=O) groups is 1. The number of rotatable bonds is 4. The van der Waals surface area contributed by atoms with Crippen LogP contribution in [0.3, 0.4) is 0 Å². The first-order valence-electron chi connectivity index (χ1n) is 10.5. The number of benzene rings is 1. The molecule has 5 rings (SSSR count). The number of carbonyl (C=O) groups excluding carboxylic acids is 1. The van der Waals surface area contributed by atoms with Gasteiger partial charge in [0.2, 0.25) is 6.79 Å². The molecule has 0 bridgehead atoms. The summed E-state index contributed by atoms with van der Waals surface area (Å²) in [6.07, 6.45) is 0.879. The van der Waals surface area contributed by atoms with Gasteiger partial charge >= 0.3 is 6.18 Å². The lowest BCUT2D eigenvalue weighted by molar-refractivity contribution is -0.142. The van der Waals surface area contributed by atoms with Gasteiger partial charge in [-0.3, -0.25) is 4.79 Å². The molecule has 1 N–H and O–H groups in total. The van der Waals surface area contributed by atoms with Gasteiger partial charge in [-0.2, -0.15) is 18.3 Å². The summed E-state index contributed by atoms with van der Waals surface area (Å²) >= 11 is 0. The molecule has 1 saturated carbocycles. The predicted octanol–water partition coefficient (Wildman–Crippen LogP) is 4.45. The number of alkyl halides is 3. The van der Waals surface area contributed by atoms with Crippen molar-refractivity contribution in [2.75, 3.05) is 13.3 Å². The van der Waals surface area contributed by atoms with E-state index in [1.165, 1.54) is 12.5 Å². The molecule has 168 valence electrons. The number of nitrogens with one attached hydrogen (secondary N) is 1. The summed E-state index contributed by atoms with van der Waals surface area (Å²) in [7, 11) is 0. The second-order valence-electron chi connectivity index (χ2n) is 8.11. The molecule has 3 heterocycles. The zero-order chi connectivity index (χ0) is 22.3. The molecular formula is C22H21F3N4O3. The van der Waals surface area contributed by atoms with Crippen molar-refractivity contribution in [1.29, 1.82) is 0 Å². The van der Waals surface area contributed by atoms with E-state index in [-0.39, 0.29) is 23.8 Å². The molecule has 10 heteroatoms. The highest BCUT2D eigenvalue weighted by Gasteiger charge is 2.36. The number of amides is 1. The Morgan fingerprint density at radius 1 is 1.09 bits per heavy atom. The average molecular weight is 446 g/mol. The minimum atomic E-state index is -4.69. The second kappa shape index (κ2) is 7.99. The number of hydrogen-bond donors (Lipinski definition) is 1. The minimum Gasteiger partial charge on any atom is -0.454 e. The monoisotopic (exact) mass is 446 g/mol. The molecule has 32 heavy (non-hydrogen) atoms. The Morgan fingerprint density at radius 2 is 1.88 bits per heavy atom. The van der Waals surface area contributed by atoms with Crippen LogP contribution in [-0.4, -0.2) is 33.8 Å². The molecule has 1 aromatic carbocycles. The highest BCUT2D eigenvalue weighted by molar-refractivity contribution is 5.93. The molecule has 0 unspecified atom stereocenters. The number of aromatic nitrogens is 3. The Kier molecular flexibility index (Phi) is 5.15. The zero-order valence-corrected chi connectivity index (χ0v) is 17.1. The Labute approximate surface area is 181 Å². The fourth-order valence-electron chi connectivity index (χ4n) is 4.21. The van der Waals surface area contributed by atoms with Crippen LogP contribution in [0.5, 0.6) is 11.5 Å². The summed E-state index contributed by atoms with van der Waals surface area (Å²) in [5.74, 6) is 0.853. The van der Waals surface area contributed by atoms with E-state index < -0.39 is 17.8 Å². The maximum Gasteiger partial charge on any atom is 0.433 e. The van der Waals surface area contributed by atoms with Crippen LogP contribution in [0, 0.1) is 5.92 Å². The van der Waals surface area contributed by atoms with E-state index in [1.54, 1.807) is 18.2 Å². The summed E-state index contributed by atoms with van der Waals surface area (Å²) in [5, 5.41) is 6.72. The SMILES string of the molecule is O=C(NCC1CCCCC1)c1cc2nc(-c3ccc4c(c3)OCO4)cc(C(F)(F)F)n2n1. The van der Waals surface area contributed by atoms with E-state index in [0.717, 1.165) is 31.7 Å². The van der Waals surface area contributed by atoms with Gasteiger partial charge in [-0.1, -0.05) is 19.3 Å². The van der Waals surface area contributed by atoms with Gasteiger partial charge in [-0.25, -0.2) is 9.50 Å². The van der Waals surface area contributed by atoms with Crippen LogP contribution >= 0.6 is 0 Å². The second-order valence-corrected chi connectivity index (χ2v) is 8.11. The summed E-state index contributed by atoms with van der Waals surface area (Å²) in [6.45, 7) is 0.551. The molecule has 3 aromatic rings. The first kappa shape index (κ1) is 20.6. The van der Waals surface area contributed by atoms with Crippen LogP contribution in [0.25, 0.3) is 16.9 Å². The van der Waals surface area contributed by atoms with Crippen LogP contribution in [0.1, 0.15) is 48.3 Å². The standard InChI is InChI=1S/C22H21F3N4O3/c23-22(24,25)19-9-15(14-6-7-17-18(8-14)32-12-31-17)27-20-10-16(28-29(19)20)21(30)26-11-13-4-2-1-3-5-13/h6-10,13H,1-5,11-12H2,(H,26,30). The molecule has 0 radical (unpaired) electrons. The molecule has 0 atom stereocenters. The average Bonchev–Trinajstić information content (AvgIpc) is 3.43. The van der Waals surface area contributed by atoms with Gasteiger partial charge in [0, 0.05) is 18.2 Å². The van der Waals surface area contributed by atoms with Gasteiger partial charge in [-0.05, 0) is 43.0 Å². The van der Waals surface area contributed by atoms with E-state index in [1.807, 2.05) is 0 Å². The number of nitrogens with zero attached hydrogens (tertiary/aromatic N) is 3. The Hall–Kier alpha value is -3.30. The number of hydrogen-bond acceptors (Lipinski definition) is 5. The first-order valence-corrected chi connectivity index (χ1v) is 10.5. The molecule has 0 saturated heterocycles. The van der Waals surface area contributed by atoms with Crippen LogP contribution in [0.4, 0.5) is 13.2 Å². The highest BCUT2D eigenvalue weighted by Crippen LogP contribution is 2.37. The van der Waals surface area contributed by atoms with Crippen molar-refractivity contribution in [3.05, 3.63) is 41.7 Å². The fraction of sp³-hybridized carbons (Fsp3) is 0.409. The maximum atomic E-state index is 13.8. The maximum absolute atomic E-state index is 13.8. The normalized spacial score (nSPS) is 16.5. The van der Waals surface area contributed by atoms with Crippen LogP contribution < -0.4 is 14.8 Å². The van der Waals surface area contributed by atoms with E-state index >= 15 is 0 Å². The number of fused-ring (bicyclic) bond motifs is 2. The van der Waals surface area contributed by atoms with Crippen molar-refractivity contribution in [1.82, 2.24) is 19.9 Å². The lowest BCUT2D eigenvalue weighted by atomic mass is 9.89. The van der Waals surface area contributed by atoms with Gasteiger partial charge < -0.3 is 14.8 Å². The zero-order valence-electron chi connectivity index (χ0n) is 17.1. The van der Waals surface area contributed by atoms with Gasteiger partial charge in [0.15, 0.2) is 28.5 Å². The van der Waals surface area contributed by atoms with Gasteiger partial charge in [0.25, 0.3) is 5.91 Å². The van der Waals surface area contributed by atoms with E-state index in [4.69, 9.17) is 9.47 Å². The van der Waals surface area contributed by atoms with E-state index in [0.29, 0.717) is 34.0 Å². The molecular weight excluding hydrogens is 425 g/mol. The third-order valence-electron chi connectivity index (χ3n) is 5.89. The molecule has 0 spiro atoms. The van der Waals surface area contributed by atoms with E-state index in [2.05, 4.69) is 15.4 Å². The predicted molar refractivity (Wildman–Crippen MR) is 108 cm³/mol.